The summed E-state index contributed by atoms with van der Waals surface area (Å²) in [4.78, 5) is 27.2. The van der Waals surface area contributed by atoms with E-state index in [0.717, 1.165) is 17.7 Å². The van der Waals surface area contributed by atoms with Crippen LogP contribution in [0.2, 0.25) is 0 Å². The van der Waals surface area contributed by atoms with Crippen LogP contribution >= 0.6 is 0 Å². The van der Waals surface area contributed by atoms with E-state index in [-0.39, 0.29) is 18.8 Å². The minimum atomic E-state index is -5.01. The number of rotatable bonds is 5. The van der Waals surface area contributed by atoms with Crippen molar-refractivity contribution in [3.05, 3.63) is 71.3 Å². The van der Waals surface area contributed by atoms with Crippen LogP contribution in [0.15, 0.2) is 54.6 Å². The van der Waals surface area contributed by atoms with Crippen molar-refractivity contribution < 1.29 is 22.8 Å². The number of alkyl halides is 3. The van der Waals surface area contributed by atoms with Crippen LogP contribution in [0.25, 0.3) is 0 Å². The van der Waals surface area contributed by atoms with Gasteiger partial charge in [-0.3, -0.25) is 9.69 Å². The number of carbonyl (C=O) groups excluding carboxylic acids is 2. The maximum Gasteiger partial charge on any atom is 0.425 e. The van der Waals surface area contributed by atoms with Crippen LogP contribution in [0, 0.1) is 11.3 Å². The molecule has 1 unspecified atom stereocenters. The highest BCUT2D eigenvalue weighted by molar-refractivity contribution is 6.08. The standard InChI is InChI=1S/C20H17F3N4O2/c1-26(12-15-9-7-14(11-24)8-10-15)13-27-17(28)19(20(21,22)23,25-18(27)29)16-5-3-2-4-6-16/h2-10H,12-13H2,1H3,(H,25,29). The van der Waals surface area contributed by atoms with E-state index in [9.17, 15) is 22.8 Å². The first-order chi connectivity index (χ1) is 13.7. The Morgan fingerprint density at radius 2 is 1.72 bits per heavy atom. The molecule has 0 spiro atoms. The van der Waals surface area contributed by atoms with Crippen molar-refractivity contribution >= 4 is 11.9 Å². The van der Waals surface area contributed by atoms with Crippen molar-refractivity contribution in [2.75, 3.05) is 13.7 Å². The van der Waals surface area contributed by atoms with Crippen molar-refractivity contribution in [3.63, 3.8) is 0 Å². The zero-order valence-corrected chi connectivity index (χ0v) is 15.4. The largest absolute Gasteiger partial charge is 0.425 e. The van der Waals surface area contributed by atoms with E-state index < -0.39 is 23.7 Å². The summed E-state index contributed by atoms with van der Waals surface area (Å²) in [5, 5.41) is 10.7. The van der Waals surface area contributed by atoms with Crippen LogP contribution < -0.4 is 5.32 Å². The molecular formula is C20H17F3N4O2. The highest BCUT2D eigenvalue weighted by atomic mass is 19.4. The molecule has 0 saturated carbocycles. The number of hydrogen-bond acceptors (Lipinski definition) is 4. The maximum absolute atomic E-state index is 14.0. The van der Waals surface area contributed by atoms with Gasteiger partial charge in [-0.05, 0) is 30.3 Å². The van der Waals surface area contributed by atoms with E-state index in [0.29, 0.717) is 10.5 Å². The summed E-state index contributed by atoms with van der Waals surface area (Å²) in [5.41, 5.74) is -2.20. The minimum Gasteiger partial charge on any atom is -0.312 e. The lowest BCUT2D eigenvalue weighted by atomic mass is 9.89. The molecule has 3 amide bonds. The number of nitrogens with zero attached hydrogens (tertiary/aromatic N) is 3. The van der Waals surface area contributed by atoms with Gasteiger partial charge < -0.3 is 5.32 Å². The monoisotopic (exact) mass is 402 g/mol. The summed E-state index contributed by atoms with van der Waals surface area (Å²) in [6.07, 6.45) is -5.01. The van der Waals surface area contributed by atoms with Crippen molar-refractivity contribution in [2.24, 2.45) is 0 Å². The summed E-state index contributed by atoms with van der Waals surface area (Å²) in [6.45, 7) is -0.0531. The van der Waals surface area contributed by atoms with Gasteiger partial charge in [0, 0.05) is 6.54 Å². The Morgan fingerprint density at radius 3 is 2.28 bits per heavy atom. The SMILES string of the molecule is CN(Cc1ccc(C#N)cc1)CN1C(=O)NC(c2ccccc2)(C(F)(F)F)C1=O. The van der Waals surface area contributed by atoms with Crippen LogP contribution in [0.1, 0.15) is 16.7 Å². The van der Waals surface area contributed by atoms with Gasteiger partial charge in [0.15, 0.2) is 0 Å². The third-order valence-electron chi connectivity index (χ3n) is 4.66. The molecular weight excluding hydrogens is 385 g/mol. The number of nitrogens with one attached hydrogen (secondary N) is 1. The number of imide groups is 1. The Kier molecular flexibility index (Phi) is 5.31. The molecule has 0 aliphatic carbocycles. The summed E-state index contributed by atoms with van der Waals surface area (Å²) in [5.74, 6) is -1.37. The van der Waals surface area contributed by atoms with Gasteiger partial charge in [0.05, 0.1) is 18.3 Å². The second-order valence-corrected chi connectivity index (χ2v) is 6.74. The smallest absolute Gasteiger partial charge is 0.312 e. The Labute approximate surface area is 165 Å². The van der Waals surface area contributed by atoms with E-state index in [1.54, 1.807) is 31.3 Å². The molecule has 1 N–H and O–H groups in total. The van der Waals surface area contributed by atoms with Crippen LogP contribution in [-0.2, 0) is 16.9 Å². The Morgan fingerprint density at radius 1 is 1.10 bits per heavy atom. The number of benzene rings is 2. The number of hydrogen-bond donors (Lipinski definition) is 1. The van der Waals surface area contributed by atoms with Gasteiger partial charge in [-0.1, -0.05) is 42.5 Å². The molecule has 6 nitrogen and oxygen atoms in total. The van der Waals surface area contributed by atoms with Gasteiger partial charge in [0.25, 0.3) is 5.91 Å². The van der Waals surface area contributed by atoms with Crippen LogP contribution in [-0.4, -0.2) is 41.6 Å². The fourth-order valence-electron chi connectivity index (χ4n) is 3.23. The predicted molar refractivity (Wildman–Crippen MR) is 97.0 cm³/mol. The van der Waals surface area contributed by atoms with Gasteiger partial charge in [0.2, 0.25) is 5.54 Å². The number of halogens is 3. The van der Waals surface area contributed by atoms with E-state index in [4.69, 9.17) is 5.26 Å². The maximum atomic E-state index is 14.0. The van der Waals surface area contributed by atoms with E-state index in [2.05, 4.69) is 0 Å². The second-order valence-electron chi connectivity index (χ2n) is 6.74. The quantitative estimate of drug-likeness (QED) is 0.781. The van der Waals surface area contributed by atoms with Crippen molar-refractivity contribution in [1.29, 1.82) is 5.26 Å². The highest BCUT2D eigenvalue weighted by Crippen LogP contribution is 2.43. The third-order valence-corrected chi connectivity index (χ3v) is 4.66. The molecule has 0 radical (unpaired) electrons. The van der Waals surface area contributed by atoms with E-state index in [1.807, 2.05) is 11.4 Å². The topological polar surface area (TPSA) is 76.4 Å². The number of urea groups is 1. The number of amides is 3. The van der Waals surface area contributed by atoms with Gasteiger partial charge in [0.1, 0.15) is 0 Å². The molecule has 3 rings (SSSR count). The van der Waals surface area contributed by atoms with E-state index in [1.165, 1.54) is 23.1 Å². The molecule has 2 aromatic carbocycles. The second kappa shape index (κ2) is 7.56. The Balaban J connectivity index is 1.82. The van der Waals surface area contributed by atoms with Crippen molar-refractivity contribution in [2.45, 2.75) is 18.3 Å². The van der Waals surface area contributed by atoms with Gasteiger partial charge in [-0.15, -0.1) is 0 Å². The molecule has 0 bridgehead atoms. The zero-order valence-electron chi connectivity index (χ0n) is 15.4. The van der Waals surface area contributed by atoms with Gasteiger partial charge in [-0.2, -0.15) is 18.4 Å². The van der Waals surface area contributed by atoms with Crippen LogP contribution in [0.3, 0.4) is 0 Å². The van der Waals surface area contributed by atoms with Crippen molar-refractivity contribution in [3.8, 4) is 6.07 Å². The highest BCUT2D eigenvalue weighted by Gasteiger charge is 2.68. The molecule has 1 fully saturated rings. The fraction of sp³-hybridized carbons (Fsp3) is 0.250. The molecule has 0 aromatic heterocycles. The summed E-state index contributed by atoms with van der Waals surface area (Å²) >= 11 is 0. The van der Waals surface area contributed by atoms with E-state index >= 15 is 0 Å². The average molecular weight is 402 g/mol. The first-order valence-corrected chi connectivity index (χ1v) is 8.63. The molecule has 1 atom stereocenters. The first-order valence-electron chi connectivity index (χ1n) is 8.63. The Hall–Kier alpha value is -3.38. The molecule has 150 valence electrons. The normalized spacial score (nSPS) is 19.4. The third kappa shape index (κ3) is 3.67. The zero-order chi connectivity index (χ0) is 21.2. The minimum absolute atomic E-state index is 0.271. The molecule has 9 heteroatoms. The molecule has 1 aliphatic rings. The molecule has 2 aromatic rings. The first kappa shape index (κ1) is 20.4. The van der Waals surface area contributed by atoms with Crippen LogP contribution in [0.5, 0.6) is 0 Å². The number of carbonyl (C=O) groups is 2. The molecule has 1 saturated heterocycles. The molecule has 1 aliphatic heterocycles. The predicted octanol–water partition coefficient (Wildman–Crippen LogP) is 2.96. The summed E-state index contributed by atoms with van der Waals surface area (Å²) < 4.78 is 41.9. The molecule has 29 heavy (non-hydrogen) atoms. The van der Waals surface area contributed by atoms with Crippen LogP contribution in [0.4, 0.5) is 18.0 Å². The lowest BCUT2D eigenvalue weighted by Gasteiger charge is -2.30. The van der Waals surface area contributed by atoms with Gasteiger partial charge in [-0.25, -0.2) is 9.69 Å². The lowest BCUT2D eigenvalue weighted by molar-refractivity contribution is -0.198. The van der Waals surface area contributed by atoms with Gasteiger partial charge >= 0.3 is 12.2 Å². The molecule has 1 heterocycles. The summed E-state index contributed by atoms with van der Waals surface area (Å²) in [7, 11) is 1.58. The lowest BCUT2D eigenvalue weighted by Crippen LogP contribution is -2.56. The average Bonchev–Trinajstić information content (AvgIpc) is 2.95. The summed E-state index contributed by atoms with van der Waals surface area (Å²) in [6, 6.07) is 14.1. The Bertz CT molecular complexity index is 954. The fourth-order valence-corrected chi connectivity index (χ4v) is 3.23. The van der Waals surface area contributed by atoms with Crippen molar-refractivity contribution in [1.82, 2.24) is 15.1 Å². The number of nitriles is 1.